The Morgan fingerprint density at radius 3 is 2.62 bits per heavy atom. The van der Waals surface area contributed by atoms with Crippen LogP contribution in [0.25, 0.3) is 0 Å². The summed E-state index contributed by atoms with van der Waals surface area (Å²) in [5, 5.41) is 9.34. The highest BCUT2D eigenvalue weighted by atomic mass is 19.1. The highest BCUT2D eigenvalue weighted by Crippen LogP contribution is 2.31. The Morgan fingerprint density at radius 1 is 1.54 bits per heavy atom. The average molecular weight is 185 g/mol. The van der Waals surface area contributed by atoms with Gasteiger partial charge in [0, 0.05) is 11.6 Å². The van der Waals surface area contributed by atoms with Gasteiger partial charge in [0.1, 0.15) is 0 Å². The van der Waals surface area contributed by atoms with E-state index in [2.05, 4.69) is 4.74 Å². The Kier molecular flexibility index (Phi) is 2.72. The maximum atomic E-state index is 13.2. The molecule has 0 aliphatic rings. The summed E-state index contributed by atoms with van der Waals surface area (Å²) in [5.41, 5.74) is 5.88. The zero-order valence-electron chi connectivity index (χ0n) is 7.54. The highest BCUT2D eigenvalue weighted by Gasteiger charge is 2.14. The van der Waals surface area contributed by atoms with Crippen molar-refractivity contribution in [3.05, 3.63) is 23.5 Å². The van der Waals surface area contributed by atoms with E-state index in [0.29, 0.717) is 5.56 Å². The van der Waals surface area contributed by atoms with Gasteiger partial charge in [0.05, 0.1) is 7.11 Å². The van der Waals surface area contributed by atoms with Crippen molar-refractivity contribution >= 4 is 0 Å². The lowest BCUT2D eigenvalue weighted by molar-refractivity contribution is 0.361. The maximum absolute atomic E-state index is 13.2. The molecule has 1 atom stereocenters. The normalized spacial score (nSPS) is 12.6. The third kappa shape index (κ3) is 1.72. The molecule has 72 valence electrons. The summed E-state index contributed by atoms with van der Waals surface area (Å²) in [5.74, 6) is -1.19. The molecule has 0 aromatic heterocycles. The second-order valence-electron chi connectivity index (χ2n) is 2.81. The van der Waals surface area contributed by atoms with Gasteiger partial charge in [-0.15, -0.1) is 0 Å². The first-order valence-corrected chi connectivity index (χ1v) is 3.89. The third-order valence-corrected chi connectivity index (χ3v) is 1.82. The second kappa shape index (κ2) is 3.62. The molecule has 4 heteroatoms. The van der Waals surface area contributed by atoms with Crippen LogP contribution in [0.15, 0.2) is 12.1 Å². The molecule has 0 aliphatic carbocycles. The molecule has 3 N–H and O–H groups in total. The summed E-state index contributed by atoms with van der Waals surface area (Å²) in [6.45, 7) is 1.67. The minimum Gasteiger partial charge on any atom is -0.504 e. The number of halogens is 1. The summed E-state index contributed by atoms with van der Waals surface area (Å²) >= 11 is 0. The number of methoxy groups -OCH3 is 1. The number of hydrogen-bond donors (Lipinski definition) is 2. The van der Waals surface area contributed by atoms with Crippen LogP contribution in [0.5, 0.6) is 11.5 Å². The smallest absolute Gasteiger partial charge is 0.206 e. The Morgan fingerprint density at radius 2 is 2.15 bits per heavy atom. The second-order valence-corrected chi connectivity index (χ2v) is 2.81. The van der Waals surface area contributed by atoms with Crippen LogP contribution >= 0.6 is 0 Å². The van der Waals surface area contributed by atoms with Crippen molar-refractivity contribution in [1.82, 2.24) is 0 Å². The summed E-state index contributed by atoms with van der Waals surface area (Å²) in [4.78, 5) is 0. The van der Waals surface area contributed by atoms with E-state index in [9.17, 15) is 9.50 Å². The van der Waals surface area contributed by atoms with E-state index >= 15 is 0 Å². The molecule has 1 rings (SSSR count). The first kappa shape index (κ1) is 9.80. The van der Waals surface area contributed by atoms with Gasteiger partial charge in [-0.3, -0.25) is 0 Å². The molecular weight excluding hydrogens is 173 g/mol. The van der Waals surface area contributed by atoms with Gasteiger partial charge in [-0.25, -0.2) is 0 Å². The predicted molar refractivity (Wildman–Crippen MR) is 47.2 cm³/mol. The predicted octanol–water partition coefficient (Wildman–Crippen LogP) is 1.56. The van der Waals surface area contributed by atoms with Crippen molar-refractivity contribution in [2.45, 2.75) is 13.0 Å². The quantitative estimate of drug-likeness (QED) is 0.735. The van der Waals surface area contributed by atoms with E-state index in [-0.39, 0.29) is 5.75 Å². The van der Waals surface area contributed by atoms with E-state index < -0.39 is 17.6 Å². The molecule has 0 saturated carbocycles. The highest BCUT2D eigenvalue weighted by molar-refractivity contribution is 5.42. The van der Waals surface area contributed by atoms with Gasteiger partial charge in [0.25, 0.3) is 0 Å². The monoisotopic (exact) mass is 185 g/mol. The summed E-state index contributed by atoms with van der Waals surface area (Å²) in [6, 6.07) is 2.58. The fraction of sp³-hybridized carbons (Fsp3) is 0.333. The minimum absolute atomic E-state index is 0.0156. The van der Waals surface area contributed by atoms with Crippen molar-refractivity contribution in [2.24, 2.45) is 5.73 Å². The van der Waals surface area contributed by atoms with E-state index in [0.717, 1.165) is 0 Å². The Hall–Kier alpha value is -1.29. The number of nitrogens with two attached hydrogens (primary N) is 1. The Labute approximate surface area is 75.9 Å². The zero-order chi connectivity index (χ0) is 10.0. The topological polar surface area (TPSA) is 55.5 Å². The number of hydrogen-bond acceptors (Lipinski definition) is 3. The van der Waals surface area contributed by atoms with Crippen LogP contribution in [-0.4, -0.2) is 12.2 Å². The fourth-order valence-electron chi connectivity index (χ4n) is 1.09. The van der Waals surface area contributed by atoms with Crippen molar-refractivity contribution < 1.29 is 14.2 Å². The van der Waals surface area contributed by atoms with E-state index in [1.807, 2.05) is 0 Å². The third-order valence-electron chi connectivity index (χ3n) is 1.82. The fourth-order valence-corrected chi connectivity index (χ4v) is 1.09. The molecule has 0 aliphatic heterocycles. The maximum Gasteiger partial charge on any atom is 0.206 e. The molecule has 0 amide bonds. The standard InChI is InChI=1S/C9H12FNO2/c1-5(11)6-3-4-7(13-2)8(10)9(6)12/h3-5,12H,11H2,1-2H3. The molecule has 0 radical (unpaired) electrons. The molecule has 0 heterocycles. The summed E-state index contributed by atoms with van der Waals surface area (Å²) in [6.07, 6.45) is 0. The minimum atomic E-state index is -0.766. The van der Waals surface area contributed by atoms with Gasteiger partial charge in [-0.2, -0.15) is 4.39 Å². The van der Waals surface area contributed by atoms with E-state index in [4.69, 9.17) is 5.73 Å². The molecule has 0 saturated heterocycles. The number of ether oxygens (including phenoxy) is 1. The first-order chi connectivity index (χ1) is 6.07. The molecule has 0 fully saturated rings. The van der Waals surface area contributed by atoms with Gasteiger partial charge in [0.2, 0.25) is 5.82 Å². The molecular formula is C9H12FNO2. The van der Waals surface area contributed by atoms with Crippen LogP contribution in [0.4, 0.5) is 4.39 Å². The molecule has 3 nitrogen and oxygen atoms in total. The van der Waals surface area contributed by atoms with Gasteiger partial charge in [-0.05, 0) is 19.1 Å². The molecule has 13 heavy (non-hydrogen) atoms. The van der Waals surface area contributed by atoms with Crippen molar-refractivity contribution in [3.8, 4) is 11.5 Å². The zero-order valence-corrected chi connectivity index (χ0v) is 7.54. The lowest BCUT2D eigenvalue weighted by atomic mass is 10.1. The Balaban J connectivity index is 3.23. The van der Waals surface area contributed by atoms with Gasteiger partial charge < -0.3 is 15.6 Å². The van der Waals surface area contributed by atoms with Crippen LogP contribution in [0.1, 0.15) is 18.5 Å². The number of benzene rings is 1. The van der Waals surface area contributed by atoms with Crippen LogP contribution in [-0.2, 0) is 0 Å². The summed E-state index contributed by atoms with van der Waals surface area (Å²) in [7, 11) is 1.34. The van der Waals surface area contributed by atoms with Gasteiger partial charge >= 0.3 is 0 Å². The van der Waals surface area contributed by atoms with Crippen LogP contribution in [0.2, 0.25) is 0 Å². The Bertz CT molecular complexity index is 313. The number of phenols is 1. The molecule has 1 unspecified atom stereocenters. The SMILES string of the molecule is COc1ccc(C(C)N)c(O)c1F. The first-order valence-electron chi connectivity index (χ1n) is 3.89. The molecule has 0 bridgehead atoms. The van der Waals surface area contributed by atoms with Crippen molar-refractivity contribution in [1.29, 1.82) is 0 Å². The lowest BCUT2D eigenvalue weighted by Gasteiger charge is -2.10. The number of rotatable bonds is 2. The summed E-state index contributed by atoms with van der Waals surface area (Å²) < 4.78 is 17.9. The van der Waals surface area contributed by atoms with E-state index in [1.165, 1.54) is 13.2 Å². The number of phenolic OH excluding ortho intramolecular Hbond substituents is 1. The largest absolute Gasteiger partial charge is 0.504 e. The molecule has 1 aromatic rings. The molecule has 0 spiro atoms. The van der Waals surface area contributed by atoms with E-state index in [1.54, 1.807) is 13.0 Å². The molecule has 1 aromatic carbocycles. The van der Waals surface area contributed by atoms with Crippen LogP contribution in [0.3, 0.4) is 0 Å². The number of aromatic hydroxyl groups is 1. The van der Waals surface area contributed by atoms with Crippen molar-refractivity contribution in [2.75, 3.05) is 7.11 Å². The van der Waals surface area contributed by atoms with Crippen molar-refractivity contribution in [3.63, 3.8) is 0 Å². The van der Waals surface area contributed by atoms with Gasteiger partial charge in [-0.1, -0.05) is 0 Å². The average Bonchev–Trinajstić information content (AvgIpc) is 2.09. The lowest BCUT2D eigenvalue weighted by Crippen LogP contribution is -2.06. The van der Waals surface area contributed by atoms with Crippen LogP contribution in [0, 0.1) is 5.82 Å². The van der Waals surface area contributed by atoms with Crippen LogP contribution < -0.4 is 10.5 Å². The van der Waals surface area contributed by atoms with Gasteiger partial charge in [0.15, 0.2) is 11.5 Å².